The highest BCUT2D eigenvalue weighted by atomic mass is 16.3. The van der Waals surface area contributed by atoms with Gasteiger partial charge in [0.15, 0.2) is 5.69 Å². The van der Waals surface area contributed by atoms with Crippen molar-refractivity contribution >= 4 is 5.91 Å². The normalized spacial score (nSPS) is 22.6. The first-order chi connectivity index (χ1) is 13.2. The molecule has 3 aliphatic heterocycles. The number of hydrogen-bond acceptors (Lipinski definition) is 4. The zero-order valence-corrected chi connectivity index (χ0v) is 15.6. The first-order valence-electron chi connectivity index (χ1n) is 9.92. The molecule has 1 aromatic carbocycles. The van der Waals surface area contributed by atoms with E-state index < -0.39 is 0 Å². The molecule has 2 aromatic rings. The van der Waals surface area contributed by atoms with Gasteiger partial charge in [0.25, 0.3) is 5.91 Å². The minimum Gasteiger partial charge on any atom is -0.505 e. The fourth-order valence-corrected chi connectivity index (χ4v) is 4.46. The zero-order valence-electron chi connectivity index (χ0n) is 15.6. The van der Waals surface area contributed by atoms with Crippen LogP contribution in [-0.4, -0.2) is 58.0 Å². The van der Waals surface area contributed by atoms with Crippen molar-refractivity contribution in [3.63, 3.8) is 0 Å². The third kappa shape index (κ3) is 4.14. The number of aromatic nitrogens is 1. The topological polar surface area (TPSA) is 56.7 Å². The number of aromatic hydroxyl groups is 1. The van der Waals surface area contributed by atoms with Crippen molar-refractivity contribution < 1.29 is 9.90 Å². The number of carbonyl (C=O) groups excluding carboxylic acids is 1. The summed E-state index contributed by atoms with van der Waals surface area (Å²) in [5.41, 5.74) is 1.57. The number of amides is 1. The van der Waals surface area contributed by atoms with Crippen molar-refractivity contribution in [2.24, 2.45) is 5.92 Å². The SMILES string of the molecule is O=C(c1ncccc1O)N1C[C@H]2CC[C@@H]1CN(CCCc1ccccc1)C2. The lowest BCUT2D eigenvalue weighted by Crippen LogP contribution is -2.47. The third-order valence-electron chi connectivity index (χ3n) is 5.82. The fourth-order valence-electron chi connectivity index (χ4n) is 4.46. The number of nitrogens with zero attached hydrogens (tertiary/aromatic N) is 3. The Labute approximate surface area is 160 Å². The summed E-state index contributed by atoms with van der Waals surface area (Å²) >= 11 is 0. The smallest absolute Gasteiger partial charge is 0.276 e. The molecule has 2 atom stereocenters. The Bertz CT molecular complexity index is 780. The Kier molecular flexibility index (Phi) is 5.39. The number of hydrogen-bond donors (Lipinski definition) is 1. The standard InChI is InChI=1S/C22H27N3O2/c26-20-9-4-12-23-21(20)22(27)25-15-18-10-11-19(25)16-24(14-18)13-5-8-17-6-2-1-3-7-17/h1-4,6-7,9,12,18-19,26H,5,8,10-11,13-16H2/t18-,19+/m0/s1. The van der Waals surface area contributed by atoms with Gasteiger partial charge in [-0.3, -0.25) is 4.79 Å². The molecule has 1 aromatic heterocycles. The molecule has 0 saturated carbocycles. The summed E-state index contributed by atoms with van der Waals surface area (Å²) in [5, 5.41) is 10.0. The van der Waals surface area contributed by atoms with Gasteiger partial charge in [-0.15, -0.1) is 0 Å². The number of fused-ring (bicyclic) bond motifs is 4. The van der Waals surface area contributed by atoms with Gasteiger partial charge in [-0.2, -0.15) is 0 Å². The Hall–Kier alpha value is -2.40. The lowest BCUT2D eigenvalue weighted by Gasteiger charge is -2.36. The summed E-state index contributed by atoms with van der Waals surface area (Å²) < 4.78 is 0. The van der Waals surface area contributed by atoms with Crippen molar-refractivity contribution in [1.82, 2.24) is 14.8 Å². The minimum atomic E-state index is -0.131. The third-order valence-corrected chi connectivity index (χ3v) is 5.82. The number of carbonyl (C=O) groups is 1. The van der Waals surface area contributed by atoms with Crippen molar-refractivity contribution in [3.05, 3.63) is 59.9 Å². The van der Waals surface area contributed by atoms with E-state index in [4.69, 9.17) is 0 Å². The lowest BCUT2D eigenvalue weighted by atomic mass is 9.94. The molecule has 27 heavy (non-hydrogen) atoms. The summed E-state index contributed by atoms with van der Waals surface area (Å²) in [5.74, 6) is 0.353. The van der Waals surface area contributed by atoms with E-state index in [2.05, 4.69) is 40.2 Å². The van der Waals surface area contributed by atoms with Crippen LogP contribution in [0.4, 0.5) is 0 Å². The molecular weight excluding hydrogens is 338 g/mol. The first-order valence-corrected chi connectivity index (χ1v) is 9.92. The Morgan fingerprint density at radius 2 is 1.93 bits per heavy atom. The van der Waals surface area contributed by atoms with E-state index in [1.807, 2.05) is 4.90 Å². The molecule has 0 radical (unpaired) electrons. The van der Waals surface area contributed by atoms with Crippen LogP contribution >= 0.6 is 0 Å². The van der Waals surface area contributed by atoms with Crippen LogP contribution in [0.5, 0.6) is 5.75 Å². The summed E-state index contributed by atoms with van der Waals surface area (Å²) in [6.45, 7) is 3.82. The number of benzene rings is 1. The molecule has 1 N–H and O–H groups in total. The van der Waals surface area contributed by atoms with Crippen LogP contribution in [0.3, 0.4) is 0 Å². The average Bonchev–Trinajstić information content (AvgIpc) is 3.00. The Balaban J connectivity index is 1.38. The molecule has 5 nitrogen and oxygen atoms in total. The van der Waals surface area contributed by atoms with Gasteiger partial charge in [0.1, 0.15) is 5.75 Å². The predicted octanol–water partition coefficient (Wildman–Crippen LogP) is 2.96. The van der Waals surface area contributed by atoms with Gasteiger partial charge in [0.2, 0.25) is 0 Å². The van der Waals surface area contributed by atoms with Gasteiger partial charge in [0, 0.05) is 31.9 Å². The van der Waals surface area contributed by atoms with Crippen LogP contribution in [0, 0.1) is 5.92 Å². The van der Waals surface area contributed by atoms with Crippen LogP contribution in [0.1, 0.15) is 35.3 Å². The summed E-state index contributed by atoms with van der Waals surface area (Å²) in [4.78, 5) is 21.5. The second-order valence-electron chi connectivity index (χ2n) is 7.77. The van der Waals surface area contributed by atoms with Gasteiger partial charge < -0.3 is 14.9 Å². The fraction of sp³-hybridized carbons (Fsp3) is 0.455. The maximum atomic E-state index is 13.0. The maximum absolute atomic E-state index is 13.0. The van der Waals surface area contributed by atoms with E-state index in [0.717, 1.165) is 45.4 Å². The van der Waals surface area contributed by atoms with Crippen molar-refractivity contribution in [3.8, 4) is 5.75 Å². The van der Waals surface area contributed by atoms with Gasteiger partial charge in [-0.25, -0.2) is 4.98 Å². The highest BCUT2D eigenvalue weighted by molar-refractivity contribution is 5.95. The zero-order chi connectivity index (χ0) is 18.6. The van der Waals surface area contributed by atoms with E-state index >= 15 is 0 Å². The van der Waals surface area contributed by atoms with Gasteiger partial charge >= 0.3 is 0 Å². The van der Waals surface area contributed by atoms with Crippen LogP contribution in [-0.2, 0) is 6.42 Å². The van der Waals surface area contributed by atoms with E-state index in [0.29, 0.717) is 5.92 Å². The van der Waals surface area contributed by atoms with E-state index in [9.17, 15) is 9.90 Å². The first kappa shape index (κ1) is 18.0. The minimum absolute atomic E-state index is 0.0256. The molecule has 4 heterocycles. The quantitative estimate of drug-likeness (QED) is 0.885. The highest BCUT2D eigenvalue weighted by Gasteiger charge is 2.38. The van der Waals surface area contributed by atoms with Crippen molar-refractivity contribution in [1.29, 1.82) is 0 Å². The molecule has 5 heteroatoms. The summed E-state index contributed by atoms with van der Waals surface area (Å²) in [6.07, 6.45) is 6.02. The van der Waals surface area contributed by atoms with Crippen LogP contribution < -0.4 is 0 Å². The number of piperidine rings is 1. The van der Waals surface area contributed by atoms with Crippen LogP contribution in [0.2, 0.25) is 0 Å². The second kappa shape index (κ2) is 8.09. The molecule has 3 saturated heterocycles. The molecule has 0 spiro atoms. The van der Waals surface area contributed by atoms with Gasteiger partial charge in [-0.05, 0) is 55.8 Å². The molecular formula is C22H27N3O2. The molecule has 1 amide bonds. The summed E-state index contributed by atoms with van der Waals surface area (Å²) in [7, 11) is 0. The maximum Gasteiger partial charge on any atom is 0.276 e. The predicted molar refractivity (Wildman–Crippen MR) is 105 cm³/mol. The van der Waals surface area contributed by atoms with Gasteiger partial charge in [-0.1, -0.05) is 30.3 Å². The molecule has 5 rings (SSSR count). The molecule has 0 aliphatic carbocycles. The average molecular weight is 365 g/mol. The van der Waals surface area contributed by atoms with E-state index in [1.165, 1.54) is 18.1 Å². The number of rotatable bonds is 5. The van der Waals surface area contributed by atoms with Gasteiger partial charge in [0.05, 0.1) is 0 Å². The number of aryl methyl sites for hydroxylation is 1. The molecule has 3 fully saturated rings. The van der Waals surface area contributed by atoms with Crippen LogP contribution in [0.25, 0.3) is 0 Å². The highest BCUT2D eigenvalue weighted by Crippen LogP contribution is 2.30. The van der Waals surface area contributed by atoms with Crippen molar-refractivity contribution in [2.75, 3.05) is 26.2 Å². The largest absolute Gasteiger partial charge is 0.505 e. The number of pyridine rings is 1. The molecule has 3 aliphatic rings. The molecule has 0 unspecified atom stereocenters. The lowest BCUT2D eigenvalue weighted by molar-refractivity contribution is 0.0576. The second-order valence-corrected chi connectivity index (χ2v) is 7.77. The monoisotopic (exact) mass is 365 g/mol. The Morgan fingerprint density at radius 3 is 2.74 bits per heavy atom. The summed E-state index contributed by atoms with van der Waals surface area (Å²) in [6, 6.07) is 14.0. The molecule has 2 bridgehead atoms. The van der Waals surface area contributed by atoms with E-state index in [-0.39, 0.29) is 23.4 Å². The van der Waals surface area contributed by atoms with Crippen LogP contribution in [0.15, 0.2) is 48.7 Å². The molecule has 142 valence electrons. The Morgan fingerprint density at radius 1 is 1.07 bits per heavy atom. The van der Waals surface area contributed by atoms with Crippen molar-refractivity contribution in [2.45, 2.75) is 31.7 Å². The van der Waals surface area contributed by atoms with E-state index in [1.54, 1.807) is 12.3 Å².